The number of amides is 1. The highest BCUT2D eigenvalue weighted by molar-refractivity contribution is 8.00. The van der Waals surface area contributed by atoms with Crippen LogP contribution in [0.4, 0.5) is 9.52 Å². The summed E-state index contributed by atoms with van der Waals surface area (Å²) in [6, 6.07) is 26.7. The number of rotatable bonds is 9. The lowest BCUT2D eigenvalue weighted by atomic mass is 9.95. The second-order valence-corrected chi connectivity index (χ2v) is 12.8. The van der Waals surface area contributed by atoms with Crippen LogP contribution in [0.25, 0.3) is 5.76 Å². The number of anilines is 1. The minimum atomic E-state index is -1.04. The van der Waals surface area contributed by atoms with Crippen molar-refractivity contribution in [1.29, 1.82) is 0 Å². The Balaban J connectivity index is 1.25. The van der Waals surface area contributed by atoms with Gasteiger partial charge in [-0.2, -0.15) is 0 Å². The molecule has 2 aliphatic heterocycles. The van der Waals surface area contributed by atoms with Crippen molar-refractivity contribution in [2.24, 2.45) is 0 Å². The Bertz CT molecular complexity index is 1980. The van der Waals surface area contributed by atoms with E-state index in [2.05, 4.69) is 10.2 Å². The van der Waals surface area contributed by atoms with E-state index in [1.54, 1.807) is 54.6 Å². The van der Waals surface area contributed by atoms with Crippen molar-refractivity contribution in [3.8, 4) is 17.2 Å². The van der Waals surface area contributed by atoms with Gasteiger partial charge in [-0.25, -0.2) is 4.39 Å². The van der Waals surface area contributed by atoms with E-state index < -0.39 is 17.7 Å². The predicted octanol–water partition coefficient (Wildman–Crippen LogP) is 6.95. The maximum absolute atomic E-state index is 13.7. The molecule has 1 N–H and O–H groups in total. The van der Waals surface area contributed by atoms with Gasteiger partial charge in [-0.05, 0) is 59.2 Å². The molecule has 1 fully saturated rings. The van der Waals surface area contributed by atoms with Crippen LogP contribution < -0.4 is 19.1 Å². The highest BCUT2D eigenvalue weighted by Crippen LogP contribution is 2.45. The number of halogens is 1. The topological polar surface area (TPSA) is 111 Å². The van der Waals surface area contributed by atoms with Gasteiger partial charge < -0.3 is 19.3 Å². The van der Waals surface area contributed by atoms with Gasteiger partial charge in [0, 0.05) is 11.3 Å². The fourth-order valence-corrected chi connectivity index (χ4v) is 7.11. The number of ketones is 1. The molecule has 236 valence electrons. The van der Waals surface area contributed by atoms with Crippen molar-refractivity contribution in [1.82, 2.24) is 10.2 Å². The van der Waals surface area contributed by atoms with E-state index in [1.165, 1.54) is 28.8 Å². The first-order chi connectivity index (χ1) is 22.9. The van der Waals surface area contributed by atoms with E-state index in [4.69, 9.17) is 14.2 Å². The number of aliphatic hydroxyl groups excluding tert-OH is 1. The molecule has 0 saturated carbocycles. The summed E-state index contributed by atoms with van der Waals surface area (Å²) in [5.41, 5.74) is 2.58. The van der Waals surface area contributed by atoms with Crippen LogP contribution in [0.5, 0.6) is 17.2 Å². The van der Waals surface area contributed by atoms with Crippen LogP contribution in [0, 0.1) is 5.82 Å². The Hall–Kier alpha value is -5.20. The number of Topliss-reactive ketones (excluding diaryl/α,β-unsaturated/α-hetero) is 1. The molecular weight excluding hydrogens is 642 g/mol. The van der Waals surface area contributed by atoms with Crippen LogP contribution in [-0.4, -0.2) is 40.2 Å². The number of carbonyl (C=O) groups is 2. The summed E-state index contributed by atoms with van der Waals surface area (Å²) in [6.45, 7) is 1.06. The normalized spacial score (nSPS) is 16.8. The third kappa shape index (κ3) is 6.42. The number of carbonyl (C=O) groups excluding carboxylic acids is 2. The number of hydrogen-bond acceptors (Lipinski definition) is 10. The number of nitrogens with zero attached hydrogens (tertiary/aromatic N) is 3. The molecule has 0 spiro atoms. The largest absolute Gasteiger partial charge is 0.507 e. The van der Waals surface area contributed by atoms with Gasteiger partial charge in [-0.15, -0.1) is 10.2 Å². The monoisotopic (exact) mass is 667 g/mol. The molecule has 47 heavy (non-hydrogen) atoms. The minimum Gasteiger partial charge on any atom is -0.507 e. The number of thioether (sulfide) groups is 1. The Kier molecular flexibility index (Phi) is 8.60. The van der Waals surface area contributed by atoms with Gasteiger partial charge in [-0.3, -0.25) is 14.5 Å². The number of fused-ring (bicyclic) bond motifs is 1. The molecule has 5 aromatic rings. The average molecular weight is 668 g/mol. The lowest BCUT2D eigenvalue weighted by molar-refractivity contribution is -0.132. The number of hydrogen-bond donors (Lipinski definition) is 1. The van der Waals surface area contributed by atoms with E-state index in [0.717, 1.165) is 22.5 Å². The minimum absolute atomic E-state index is 0.109. The molecule has 3 heterocycles. The Morgan fingerprint density at radius 1 is 0.915 bits per heavy atom. The fraction of sp³-hybridized carbons (Fsp3) is 0.143. The first-order valence-electron chi connectivity index (χ1n) is 14.6. The number of benzene rings is 4. The van der Waals surface area contributed by atoms with Gasteiger partial charge in [-0.1, -0.05) is 77.7 Å². The van der Waals surface area contributed by atoms with Gasteiger partial charge in [0.2, 0.25) is 5.13 Å². The van der Waals surface area contributed by atoms with Gasteiger partial charge in [0.05, 0.1) is 11.6 Å². The third-order valence-corrected chi connectivity index (χ3v) is 9.69. The molecule has 2 aliphatic rings. The number of ether oxygens (including phenoxy) is 3. The lowest BCUT2D eigenvalue weighted by Crippen LogP contribution is -2.29. The van der Waals surface area contributed by atoms with Crippen LogP contribution in [-0.2, 0) is 21.9 Å². The second kappa shape index (κ2) is 13.3. The summed E-state index contributed by atoms with van der Waals surface area (Å²) in [5.74, 6) is -0.435. The summed E-state index contributed by atoms with van der Waals surface area (Å²) < 4.78 is 31.3. The van der Waals surface area contributed by atoms with Gasteiger partial charge in [0.25, 0.3) is 5.78 Å². The van der Waals surface area contributed by atoms with E-state index in [9.17, 15) is 19.1 Å². The van der Waals surface area contributed by atoms with Crippen LogP contribution in [0.3, 0.4) is 0 Å². The van der Waals surface area contributed by atoms with Crippen molar-refractivity contribution in [3.05, 3.63) is 131 Å². The zero-order valence-corrected chi connectivity index (χ0v) is 26.3. The summed E-state index contributed by atoms with van der Waals surface area (Å²) in [7, 11) is 0. The van der Waals surface area contributed by atoms with Crippen molar-refractivity contribution < 1.29 is 33.3 Å². The second-order valence-electron chi connectivity index (χ2n) is 10.6. The quantitative estimate of drug-likeness (QED) is 0.0587. The van der Waals surface area contributed by atoms with Crippen LogP contribution in [0.15, 0.2) is 107 Å². The number of aromatic nitrogens is 2. The first-order valence-corrected chi connectivity index (χ1v) is 16.4. The molecule has 9 nitrogen and oxygen atoms in total. The standard InChI is InChI=1S/C35H26FN3O6S2/c36-25-12-9-22(10-13-25)20-46-35-38-37-34(47-35)39-30(23-7-4-8-26(17-23)45-19-21-5-2-1-3-6-21)29(32(41)33(39)42)31(40)24-11-14-27-28(18-24)44-16-15-43-27/h1-14,17-18,30,40H,15-16,19-20H2/t30-/m0/s1. The zero-order chi connectivity index (χ0) is 32.3. The van der Waals surface area contributed by atoms with Crippen LogP contribution >= 0.6 is 23.1 Å². The maximum atomic E-state index is 13.7. The summed E-state index contributed by atoms with van der Waals surface area (Å²) in [6.07, 6.45) is 0. The van der Waals surface area contributed by atoms with Crippen molar-refractivity contribution in [2.45, 2.75) is 22.7 Å². The highest BCUT2D eigenvalue weighted by Gasteiger charge is 2.48. The molecule has 1 atom stereocenters. The summed E-state index contributed by atoms with van der Waals surface area (Å²) >= 11 is 2.52. The summed E-state index contributed by atoms with van der Waals surface area (Å²) in [4.78, 5) is 28.7. The van der Waals surface area contributed by atoms with Crippen LogP contribution in [0.1, 0.15) is 28.3 Å². The molecule has 1 saturated heterocycles. The van der Waals surface area contributed by atoms with E-state index in [-0.39, 0.29) is 22.3 Å². The molecule has 0 radical (unpaired) electrons. The first kappa shape index (κ1) is 30.5. The van der Waals surface area contributed by atoms with Gasteiger partial charge in [0.1, 0.15) is 37.1 Å². The molecule has 0 unspecified atom stereocenters. The van der Waals surface area contributed by atoms with Gasteiger partial charge >= 0.3 is 5.91 Å². The Labute approximate surface area is 277 Å². The molecule has 7 rings (SSSR count). The zero-order valence-electron chi connectivity index (χ0n) is 24.7. The number of aliphatic hydroxyl groups is 1. The molecule has 1 amide bonds. The predicted molar refractivity (Wildman–Crippen MR) is 175 cm³/mol. The van der Waals surface area contributed by atoms with Crippen molar-refractivity contribution in [2.75, 3.05) is 18.1 Å². The van der Waals surface area contributed by atoms with Crippen molar-refractivity contribution in [3.63, 3.8) is 0 Å². The van der Waals surface area contributed by atoms with E-state index in [1.807, 2.05) is 30.3 Å². The molecule has 1 aromatic heterocycles. The smallest absolute Gasteiger partial charge is 0.301 e. The van der Waals surface area contributed by atoms with E-state index >= 15 is 0 Å². The third-order valence-electron chi connectivity index (χ3n) is 7.56. The SMILES string of the molecule is O=C1C(=O)N(c2nnc(SCc3ccc(F)cc3)s2)[C@@H](c2cccc(OCc3ccccc3)c2)C1=C(O)c1ccc2c(c1)OCCO2. The van der Waals surface area contributed by atoms with E-state index in [0.29, 0.717) is 58.3 Å². The molecule has 0 bridgehead atoms. The lowest BCUT2D eigenvalue weighted by Gasteiger charge is -2.23. The molecule has 4 aromatic carbocycles. The fourth-order valence-electron chi connectivity index (χ4n) is 5.29. The molecule has 12 heteroatoms. The summed E-state index contributed by atoms with van der Waals surface area (Å²) in [5, 5.41) is 20.4. The average Bonchev–Trinajstić information content (AvgIpc) is 3.68. The van der Waals surface area contributed by atoms with Crippen LogP contribution in [0.2, 0.25) is 0 Å². The Morgan fingerprint density at radius 3 is 2.51 bits per heavy atom. The molecule has 0 aliphatic carbocycles. The van der Waals surface area contributed by atoms with Crippen molar-refractivity contribution >= 4 is 45.7 Å². The molecular formula is C35H26FN3O6S2. The Morgan fingerprint density at radius 2 is 1.70 bits per heavy atom. The maximum Gasteiger partial charge on any atom is 0.301 e. The highest BCUT2D eigenvalue weighted by atomic mass is 32.2. The van der Waals surface area contributed by atoms with Gasteiger partial charge in [0.15, 0.2) is 15.8 Å².